The summed E-state index contributed by atoms with van der Waals surface area (Å²) in [7, 11) is -3.49. The number of benzene rings is 2. The third kappa shape index (κ3) is 1.93. The van der Waals surface area contributed by atoms with E-state index in [0.717, 1.165) is 22.0 Å². The molecule has 1 N–H and O–H groups in total. The van der Waals surface area contributed by atoms with Crippen molar-refractivity contribution in [3.8, 4) is 0 Å². The largest absolute Gasteiger partial charge is 0.360 e. The van der Waals surface area contributed by atoms with Crippen molar-refractivity contribution in [3.05, 3.63) is 59.8 Å². The molecule has 0 aliphatic heterocycles. The molecule has 2 aromatic carbocycles. The maximum Gasteiger partial charge on any atom is 0.208 e. The molecule has 3 nitrogen and oxygen atoms in total. The van der Waals surface area contributed by atoms with Gasteiger partial charge in [-0.05, 0) is 37.6 Å². The predicted molar refractivity (Wildman–Crippen MR) is 79.7 cm³/mol. The SMILES string of the molecule is Cc1ccc(S(=O)(=O)c2c[nH]c3cccc(C)c23)cc1. The fourth-order valence-corrected chi connectivity index (χ4v) is 3.89. The Morgan fingerprint density at radius 1 is 0.950 bits per heavy atom. The molecule has 0 saturated heterocycles. The Kier molecular flexibility index (Phi) is 2.91. The molecule has 102 valence electrons. The van der Waals surface area contributed by atoms with E-state index in [1.54, 1.807) is 18.3 Å². The van der Waals surface area contributed by atoms with Crippen molar-refractivity contribution in [2.75, 3.05) is 0 Å². The van der Waals surface area contributed by atoms with Gasteiger partial charge in [-0.15, -0.1) is 0 Å². The van der Waals surface area contributed by atoms with Crippen LogP contribution in [0.3, 0.4) is 0 Å². The average Bonchev–Trinajstić information content (AvgIpc) is 2.85. The lowest BCUT2D eigenvalue weighted by atomic mass is 10.1. The zero-order valence-corrected chi connectivity index (χ0v) is 12.2. The number of sulfone groups is 1. The summed E-state index contributed by atoms with van der Waals surface area (Å²) in [6.45, 7) is 3.86. The summed E-state index contributed by atoms with van der Waals surface area (Å²) >= 11 is 0. The fourth-order valence-electron chi connectivity index (χ4n) is 2.39. The number of rotatable bonds is 2. The Bertz CT molecular complexity index is 874. The molecule has 0 saturated carbocycles. The van der Waals surface area contributed by atoms with E-state index in [2.05, 4.69) is 4.98 Å². The van der Waals surface area contributed by atoms with Gasteiger partial charge in [0.25, 0.3) is 0 Å². The van der Waals surface area contributed by atoms with Crippen LogP contribution in [0.2, 0.25) is 0 Å². The summed E-state index contributed by atoms with van der Waals surface area (Å²) in [6.07, 6.45) is 1.58. The standard InChI is InChI=1S/C16H15NO2S/c1-11-6-8-13(9-7-11)20(18,19)15-10-17-14-5-3-4-12(2)16(14)15/h3-10,17H,1-2H3. The van der Waals surface area contributed by atoms with E-state index < -0.39 is 9.84 Å². The molecule has 20 heavy (non-hydrogen) atoms. The van der Waals surface area contributed by atoms with E-state index in [0.29, 0.717) is 9.79 Å². The summed E-state index contributed by atoms with van der Waals surface area (Å²) in [5.41, 5.74) is 2.84. The van der Waals surface area contributed by atoms with Crippen molar-refractivity contribution in [2.24, 2.45) is 0 Å². The van der Waals surface area contributed by atoms with Gasteiger partial charge in [-0.1, -0.05) is 29.8 Å². The van der Waals surface area contributed by atoms with Crippen LogP contribution >= 0.6 is 0 Å². The minimum atomic E-state index is -3.49. The third-order valence-corrected chi connectivity index (χ3v) is 5.29. The first-order valence-corrected chi connectivity index (χ1v) is 7.87. The van der Waals surface area contributed by atoms with E-state index in [1.165, 1.54) is 0 Å². The Morgan fingerprint density at radius 3 is 2.35 bits per heavy atom. The molecule has 0 fully saturated rings. The van der Waals surface area contributed by atoms with Crippen molar-refractivity contribution in [3.63, 3.8) is 0 Å². The zero-order valence-electron chi connectivity index (χ0n) is 11.3. The Morgan fingerprint density at radius 2 is 1.65 bits per heavy atom. The summed E-state index contributed by atoms with van der Waals surface area (Å²) in [5.74, 6) is 0. The number of nitrogens with one attached hydrogen (secondary N) is 1. The molecule has 0 aliphatic carbocycles. The molecule has 3 aromatic rings. The van der Waals surface area contributed by atoms with Crippen LogP contribution in [0.4, 0.5) is 0 Å². The summed E-state index contributed by atoms with van der Waals surface area (Å²) in [6, 6.07) is 12.7. The first-order chi connectivity index (χ1) is 9.50. The van der Waals surface area contributed by atoms with Gasteiger partial charge in [0.15, 0.2) is 0 Å². The van der Waals surface area contributed by atoms with Crippen molar-refractivity contribution in [1.82, 2.24) is 4.98 Å². The Balaban J connectivity index is 2.27. The van der Waals surface area contributed by atoms with Crippen molar-refractivity contribution in [2.45, 2.75) is 23.6 Å². The molecule has 0 unspecified atom stereocenters. The van der Waals surface area contributed by atoms with Crippen LogP contribution in [0.5, 0.6) is 0 Å². The lowest BCUT2D eigenvalue weighted by Gasteiger charge is -2.05. The lowest BCUT2D eigenvalue weighted by molar-refractivity contribution is 0.597. The number of hydrogen-bond donors (Lipinski definition) is 1. The smallest absolute Gasteiger partial charge is 0.208 e. The highest BCUT2D eigenvalue weighted by Gasteiger charge is 2.22. The quantitative estimate of drug-likeness (QED) is 0.782. The van der Waals surface area contributed by atoms with Gasteiger partial charge in [-0.2, -0.15) is 0 Å². The maximum atomic E-state index is 12.8. The number of hydrogen-bond acceptors (Lipinski definition) is 2. The van der Waals surface area contributed by atoms with Crippen LogP contribution in [-0.4, -0.2) is 13.4 Å². The normalized spacial score (nSPS) is 11.9. The first-order valence-electron chi connectivity index (χ1n) is 6.38. The summed E-state index contributed by atoms with van der Waals surface area (Å²) in [5, 5.41) is 0.771. The molecule has 3 rings (SSSR count). The minimum absolute atomic E-state index is 0.326. The van der Waals surface area contributed by atoms with Crippen LogP contribution in [-0.2, 0) is 9.84 Å². The van der Waals surface area contributed by atoms with E-state index >= 15 is 0 Å². The second-order valence-electron chi connectivity index (χ2n) is 4.97. The maximum absolute atomic E-state index is 12.8. The van der Waals surface area contributed by atoms with Gasteiger partial charge in [-0.25, -0.2) is 8.42 Å². The van der Waals surface area contributed by atoms with Crippen LogP contribution in [0, 0.1) is 13.8 Å². The number of aryl methyl sites for hydroxylation is 2. The van der Waals surface area contributed by atoms with E-state index in [4.69, 9.17) is 0 Å². The zero-order chi connectivity index (χ0) is 14.3. The lowest BCUT2D eigenvalue weighted by Crippen LogP contribution is -2.01. The monoisotopic (exact) mass is 285 g/mol. The van der Waals surface area contributed by atoms with Crippen molar-refractivity contribution >= 4 is 20.7 Å². The topological polar surface area (TPSA) is 49.9 Å². The molecule has 0 spiro atoms. The molecule has 0 bridgehead atoms. The second-order valence-corrected chi connectivity index (χ2v) is 6.88. The minimum Gasteiger partial charge on any atom is -0.360 e. The van der Waals surface area contributed by atoms with E-state index in [1.807, 2.05) is 44.2 Å². The molecule has 4 heteroatoms. The van der Waals surface area contributed by atoms with Crippen LogP contribution in [0.25, 0.3) is 10.9 Å². The Labute approximate surface area is 118 Å². The van der Waals surface area contributed by atoms with Crippen LogP contribution in [0.15, 0.2) is 58.5 Å². The molecular weight excluding hydrogens is 270 g/mol. The molecular formula is C16H15NO2S. The van der Waals surface area contributed by atoms with E-state index in [9.17, 15) is 8.42 Å². The number of aromatic amines is 1. The van der Waals surface area contributed by atoms with Gasteiger partial charge in [-0.3, -0.25) is 0 Å². The fraction of sp³-hybridized carbons (Fsp3) is 0.125. The van der Waals surface area contributed by atoms with Crippen LogP contribution in [0.1, 0.15) is 11.1 Å². The van der Waals surface area contributed by atoms with Gasteiger partial charge in [0.05, 0.1) is 9.79 Å². The number of H-pyrrole nitrogens is 1. The molecule has 1 heterocycles. The first kappa shape index (κ1) is 12.9. The molecule has 0 radical (unpaired) electrons. The highest BCUT2D eigenvalue weighted by molar-refractivity contribution is 7.91. The third-order valence-electron chi connectivity index (χ3n) is 3.50. The van der Waals surface area contributed by atoms with Crippen molar-refractivity contribution in [1.29, 1.82) is 0 Å². The number of fused-ring (bicyclic) bond motifs is 1. The average molecular weight is 285 g/mol. The van der Waals surface area contributed by atoms with Crippen LogP contribution < -0.4 is 0 Å². The highest BCUT2D eigenvalue weighted by atomic mass is 32.2. The second kappa shape index (κ2) is 4.49. The van der Waals surface area contributed by atoms with Gasteiger partial charge < -0.3 is 4.98 Å². The van der Waals surface area contributed by atoms with Gasteiger partial charge in [0.1, 0.15) is 0 Å². The predicted octanol–water partition coefficient (Wildman–Crippen LogP) is 3.62. The molecule has 0 aliphatic rings. The summed E-state index contributed by atoms with van der Waals surface area (Å²) < 4.78 is 25.5. The van der Waals surface area contributed by atoms with Gasteiger partial charge in [0.2, 0.25) is 9.84 Å². The highest BCUT2D eigenvalue weighted by Crippen LogP contribution is 2.30. The van der Waals surface area contributed by atoms with E-state index in [-0.39, 0.29) is 0 Å². The molecule has 0 amide bonds. The van der Waals surface area contributed by atoms with Gasteiger partial charge >= 0.3 is 0 Å². The van der Waals surface area contributed by atoms with Gasteiger partial charge in [0, 0.05) is 17.1 Å². The summed E-state index contributed by atoms with van der Waals surface area (Å²) in [4.78, 5) is 3.71. The van der Waals surface area contributed by atoms with Crippen molar-refractivity contribution < 1.29 is 8.42 Å². The molecule has 0 atom stereocenters. The number of aromatic nitrogens is 1. The molecule has 1 aromatic heterocycles. The Hall–Kier alpha value is -2.07.